The van der Waals surface area contributed by atoms with Gasteiger partial charge in [0.25, 0.3) is 0 Å². The second kappa shape index (κ2) is 10.2. The van der Waals surface area contributed by atoms with Gasteiger partial charge in [0.05, 0.1) is 35.6 Å². The Labute approximate surface area is 201 Å². The maximum atomic E-state index is 12.1. The smallest absolute Gasteiger partial charge is 0.338 e. The zero-order valence-electron chi connectivity index (χ0n) is 19.1. The predicted octanol–water partition coefficient (Wildman–Crippen LogP) is 4.69. The summed E-state index contributed by atoms with van der Waals surface area (Å²) >= 11 is 0. The number of aromatic amines is 1. The number of carbonyl (C=O) groups is 2. The lowest BCUT2D eigenvalue weighted by Crippen LogP contribution is -2.14. The molecule has 0 bridgehead atoms. The molecular formula is C27H25N3O5. The molecule has 0 aliphatic rings. The van der Waals surface area contributed by atoms with E-state index in [0.717, 1.165) is 5.56 Å². The molecule has 5 N–H and O–H groups in total. The molecule has 0 aliphatic carbocycles. The van der Waals surface area contributed by atoms with Gasteiger partial charge in [-0.05, 0) is 36.8 Å². The van der Waals surface area contributed by atoms with Crippen LogP contribution in [0.1, 0.15) is 46.4 Å². The lowest BCUT2D eigenvalue weighted by atomic mass is 10.00. The third kappa shape index (κ3) is 5.23. The average molecular weight is 472 g/mol. The summed E-state index contributed by atoms with van der Waals surface area (Å²) in [4.78, 5) is 30.9. The van der Waals surface area contributed by atoms with Crippen LogP contribution in [0, 0.1) is 0 Å². The van der Waals surface area contributed by atoms with E-state index in [-0.39, 0.29) is 18.9 Å². The number of carboxylic acids is 1. The van der Waals surface area contributed by atoms with Gasteiger partial charge in [-0.3, -0.25) is 4.79 Å². The van der Waals surface area contributed by atoms with Gasteiger partial charge in [-0.1, -0.05) is 48.5 Å². The highest BCUT2D eigenvalue weighted by molar-refractivity contribution is 6.22. The highest BCUT2D eigenvalue weighted by Crippen LogP contribution is 2.32. The number of hydrogen-bond acceptors (Lipinski definition) is 6. The van der Waals surface area contributed by atoms with Gasteiger partial charge in [0.1, 0.15) is 0 Å². The lowest BCUT2D eigenvalue weighted by Gasteiger charge is -2.11. The number of hydrogen-bond donors (Lipinski definition) is 4. The van der Waals surface area contributed by atoms with E-state index in [1.54, 1.807) is 49.4 Å². The Morgan fingerprint density at radius 2 is 1.74 bits per heavy atom. The van der Waals surface area contributed by atoms with E-state index in [1.165, 1.54) is 0 Å². The molecule has 0 aliphatic heterocycles. The molecule has 1 heterocycles. The molecular weight excluding hydrogens is 446 g/mol. The first-order chi connectivity index (χ1) is 16.9. The Morgan fingerprint density at radius 3 is 2.40 bits per heavy atom. The van der Waals surface area contributed by atoms with Crippen molar-refractivity contribution in [1.82, 2.24) is 4.98 Å². The first-order valence-corrected chi connectivity index (χ1v) is 11.1. The van der Waals surface area contributed by atoms with Gasteiger partial charge < -0.3 is 25.7 Å². The van der Waals surface area contributed by atoms with Crippen molar-refractivity contribution in [1.29, 1.82) is 0 Å². The second-order valence-electron chi connectivity index (χ2n) is 7.95. The molecule has 4 aromatic rings. The van der Waals surface area contributed by atoms with E-state index in [2.05, 4.69) is 4.98 Å². The molecule has 8 heteroatoms. The van der Waals surface area contributed by atoms with E-state index in [9.17, 15) is 14.7 Å². The van der Waals surface area contributed by atoms with Crippen molar-refractivity contribution in [2.75, 3.05) is 6.61 Å². The number of aliphatic carboxylic acids is 1. The number of esters is 1. The summed E-state index contributed by atoms with van der Waals surface area (Å²) in [6, 6.07) is 20.8. The van der Waals surface area contributed by atoms with Gasteiger partial charge in [-0.25, -0.2) is 9.79 Å². The van der Waals surface area contributed by atoms with Crippen molar-refractivity contribution < 1.29 is 24.5 Å². The fourth-order valence-electron chi connectivity index (χ4n) is 3.86. The quantitative estimate of drug-likeness (QED) is 0.217. The van der Waals surface area contributed by atoms with Gasteiger partial charge in [-0.15, -0.1) is 0 Å². The molecule has 0 radical (unpaired) electrons. The first kappa shape index (κ1) is 23.7. The Bertz CT molecular complexity index is 1390. The molecule has 1 atom stereocenters. The van der Waals surface area contributed by atoms with Gasteiger partial charge >= 0.3 is 11.9 Å². The Kier molecular flexibility index (Phi) is 6.93. The summed E-state index contributed by atoms with van der Waals surface area (Å²) in [6.07, 6.45) is -0.172. The van der Waals surface area contributed by atoms with Crippen LogP contribution in [0.3, 0.4) is 0 Å². The van der Waals surface area contributed by atoms with Crippen LogP contribution < -0.4 is 5.73 Å². The van der Waals surface area contributed by atoms with Crippen molar-refractivity contribution >= 4 is 34.2 Å². The zero-order valence-corrected chi connectivity index (χ0v) is 19.1. The predicted molar refractivity (Wildman–Crippen MR) is 133 cm³/mol. The van der Waals surface area contributed by atoms with E-state index >= 15 is 0 Å². The number of aromatic nitrogens is 1. The maximum absolute atomic E-state index is 12.1. The Hall–Kier alpha value is -4.43. The number of fused-ring (bicyclic) bond motifs is 1. The monoisotopic (exact) mass is 471 g/mol. The highest BCUT2D eigenvalue weighted by Gasteiger charge is 2.20. The number of aliphatic imine (C=N–C) groups is 1. The minimum Gasteiger partial charge on any atom is -0.494 e. The topological polar surface area (TPSA) is 138 Å². The summed E-state index contributed by atoms with van der Waals surface area (Å²) in [5, 5.41) is 20.5. The summed E-state index contributed by atoms with van der Waals surface area (Å²) in [7, 11) is 0. The van der Waals surface area contributed by atoms with Crippen LogP contribution in [0.4, 0.5) is 5.69 Å². The minimum atomic E-state index is -0.966. The van der Waals surface area contributed by atoms with Crippen LogP contribution >= 0.6 is 0 Å². The Balaban J connectivity index is 1.80. The molecule has 178 valence electrons. The molecule has 1 unspecified atom stereocenters. The highest BCUT2D eigenvalue weighted by atomic mass is 16.5. The number of benzene rings is 3. The number of nitrogens with zero attached hydrogens (tertiary/aromatic N) is 1. The molecule has 0 fully saturated rings. The molecule has 1 aromatic heterocycles. The number of nitrogens with two attached hydrogens (primary N) is 1. The molecule has 0 spiro atoms. The fourth-order valence-corrected chi connectivity index (χ4v) is 3.86. The van der Waals surface area contributed by atoms with Crippen LogP contribution in [0.25, 0.3) is 10.9 Å². The second-order valence-corrected chi connectivity index (χ2v) is 7.95. The number of ether oxygens (including phenoxy) is 1. The van der Waals surface area contributed by atoms with Gasteiger partial charge in [0.2, 0.25) is 0 Å². The zero-order chi connectivity index (χ0) is 24.9. The number of H-pyrrole nitrogens is 1. The molecule has 8 nitrogen and oxygen atoms in total. The number of carbonyl (C=O) groups excluding carboxylic acids is 1. The van der Waals surface area contributed by atoms with Crippen molar-refractivity contribution in [2.24, 2.45) is 10.7 Å². The number of nitrogens with one attached hydrogen (secondary N) is 1. The summed E-state index contributed by atoms with van der Waals surface area (Å²) < 4.78 is 5.08. The average Bonchev–Trinajstić information content (AvgIpc) is 3.17. The first-order valence-electron chi connectivity index (χ1n) is 11.1. The summed E-state index contributed by atoms with van der Waals surface area (Å²) in [6.45, 7) is 2.01. The SMILES string of the molecule is CCOC(=O)c1ccc2c(C(=Nc3ccc(C(N)CC(=O)O)cc3)c3ccccc3)c(O)[nH]c2c1. The van der Waals surface area contributed by atoms with Crippen molar-refractivity contribution in [3.8, 4) is 5.88 Å². The maximum Gasteiger partial charge on any atom is 0.338 e. The van der Waals surface area contributed by atoms with Crippen LogP contribution in [-0.4, -0.2) is 39.5 Å². The normalized spacial score (nSPS) is 12.5. The third-order valence-electron chi connectivity index (χ3n) is 5.53. The van der Waals surface area contributed by atoms with Crippen LogP contribution in [0.15, 0.2) is 77.8 Å². The van der Waals surface area contributed by atoms with Crippen LogP contribution in [-0.2, 0) is 9.53 Å². The molecule has 0 saturated heterocycles. The van der Waals surface area contributed by atoms with Gasteiger partial charge in [0, 0.05) is 22.5 Å². The third-order valence-corrected chi connectivity index (χ3v) is 5.53. The minimum absolute atomic E-state index is 0.0799. The van der Waals surface area contributed by atoms with Crippen molar-refractivity contribution in [3.05, 3.63) is 95.1 Å². The molecule has 0 saturated carbocycles. The van der Waals surface area contributed by atoms with Crippen LogP contribution in [0.5, 0.6) is 5.88 Å². The van der Waals surface area contributed by atoms with Crippen LogP contribution in [0.2, 0.25) is 0 Å². The standard InChI is InChI=1S/C27H25N3O5/c1-2-35-27(34)18-10-13-20-22(14-18)30-26(33)24(20)25(17-6-4-3-5-7-17)29-19-11-8-16(9-12-19)21(28)15-23(31)32/h3-14,21,30,33H,2,15,28H2,1H3,(H,31,32). The number of carboxylic acid groups (broad SMARTS) is 1. The molecule has 35 heavy (non-hydrogen) atoms. The van der Waals surface area contributed by atoms with Gasteiger partial charge in [0.15, 0.2) is 5.88 Å². The van der Waals surface area contributed by atoms with E-state index < -0.39 is 18.0 Å². The van der Waals surface area contributed by atoms with Crippen molar-refractivity contribution in [2.45, 2.75) is 19.4 Å². The number of aromatic hydroxyl groups is 1. The summed E-state index contributed by atoms with van der Waals surface area (Å²) in [5.41, 5.74) is 10.0. The summed E-state index contributed by atoms with van der Waals surface area (Å²) in [5.74, 6) is -1.49. The number of rotatable bonds is 8. The van der Waals surface area contributed by atoms with Crippen molar-refractivity contribution in [3.63, 3.8) is 0 Å². The van der Waals surface area contributed by atoms with Gasteiger partial charge in [-0.2, -0.15) is 0 Å². The van der Waals surface area contributed by atoms with E-state index in [0.29, 0.717) is 39.0 Å². The van der Waals surface area contributed by atoms with E-state index in [4.69, 9.17) is 20.6 Å². The fraction of sp³-hybridized carbons (Fsp3) is 0.148. The molecule has 4 rings (SSSR count). The molecule has 0 amide bonds. The lowest BCUT2D eigenvalue weighted by molar-refractivity contribution is -0.137. The van der Waals surface area contributed by atoms with E-state index in [1.807, 2.05) is 30.3 Å². The largest absolute Gasteiger partial charge is 0.494 e. The Morgan fingerprint density at radius 1 is 1.03 bits per heavy atom. The molecule has 3 aromatic carbocycles.